The number of carbonyl (C=O) groups excluding carboxylic acids is 1. The Bertz CT molecular complexity index is 792. The normalized spacial score (nSPS) is 16.7. The maximum absolute atomic E-state index is 13.0. The van der Waals surface area contributed by atoms with Crippen LogP contribution in [0.2, 0.25) is 0 Å². The highest BCUT2D eigenvalue weighted by molar-refractivity contribution is 6.18. The molecule has 2 aliphatic heterocycles. The Balaban J connectivity index is 1.71. The van der Waals surface area contributed by atoms with E-state index in [4.69, 9.17) is 16.6 Å². The summed E-state index contributed by atoms with van der Waals surface area (Å²) in [6.07, 6.45) is 3.50. The van der Waals surface area contributed by atoms with E-state index in [9.17, 15) is 4.79 Å². The van der Waals surface area contributed by atoms with Crippen LogP contribution >= 0.6 is 11.6 Å². The van der Waals surface area contributed by atoms with Crippen molar-refractivity contribution >= 4 is 35.0 Å². The van der Waals surface area contributed by atoms with Gasteiger partial charge in [0, 0.05) is 36.8 Å². The second-order valence-corrected chi connectivity index (χ2v) is 6.97. The molecule has 6 nitrogen and oxygen atoms in total. The summed E-state index contributed by atoms with van der Waals surface area (Å²) in [4.78, 5) is 26.3. The number of amides is 1. The first-order chi connectivity index (χ1) is 12.8. The molecule has 0 spiro atoms. The van der Waals surface area contributed by atoms with Gasteiger partial charge in [-0.3, -0.25) is 4.79 Å². The van der Waals surface area contributed by atoms with Gasteiger partial charge in [0.2, 0.25) is 5.95 Å². The Morgan fingerprint density at radius 1 is 1.08 bits per heavy atom. The highest BCUT2D eigenvalue weighted by Gasteiger charge is 2.34. The van der Waals surface area contributed by atoms with Crippen molar-refractivity contribution in [1.82, 2.24) is 9.97 Å². The zero-order valence-electron chi connectivity index (χ0n) is 14.6. The van der Waals surface area contributed by atoms with Crippen molar-refractivity contribution in [2.45, 2.75) is 25.8 Å². The first kappa shape index (κ1) is 17.1. The van der Waals surface area contributed by atoms with E-state index in [1.165, 1.54) is 6.42 Å². The summed E-state index contributed by atoms with van der Waals surface area (Å²) in [7, 11) is 0. The lowest BCUT2D eigenvalue weighted by molar-refractivity contribution is 0.0992. The summed E-state index contributed by atoms with van der Waals surface area (Å²) >= 11 is 5.85. The van der Waals surface area contributed by atoms with Gasteiger partial charge in [-0.2, -0.15) is 4.98 Å². The number of aromatic nitrogens is 2. The van der Waals surface area contributed by atoms with Gasteiger partial charge in [0.1, 0.15) is 11.5 Å². The number of halogens is 1. The summed E-state index contributed by atoms with van der Waals surface area (Å²) in [5, 5.41) is 3.28. The molecule has 1 saturated heterocycles. The van der Waals surface area contributed by atoms with E-state index in [1.807, 2.05) is 30.3 Å². The zero-order chi connectivity index (χ0) is 17.9. The topological polar surface area (TPSA) is 61.4 Å². The van der Waals surface area contributed by atoms with Crippen LogP contribution < -0.4 is 15.1 Å². The fraction of sp³-hybridized carbons (Fsp3) is 0.421. The van der Waals surface area contributed by atoms with Crippen molar-refractivity contribution in [1.29, 1.82) is 0 Å². The Labute approximate surface area is 158 Å². The first-order valence-electron chi connectivity index (χ1n) is 9.10. The first-order valence-corrected chi connectivity index (χ1v) is 9.64. The van der Waals surface area contributed by atoms with E-state index in [-0.39, 0.29) is 5.91 Å². The molecule has 7 heteroatoms. The second kappa shape index (κ2) is 7.50. The Morgan fingerprint density at radius 2 is 1.85 bits per heavy atom. The fourth-order valence-corrected chi connectivity index (χ4v) is 3.61. The number of fused-ring (bicyclic) bond motifs is 1. The number of nitrogens with zero attached hydrogens (tertiary/aromatic N) is 4. The molecule has 0 bridgehead atoms. The minimum absolute atomic E-state index is 0.0687. The maximum Gasteiger partial charge on any atom is 0.277 e. The number of alkyl halides is 1. The standard InChI is InChI=1S/C19H22ClN5O/c20-9-10-21-17-15-13-25(14-7-3-1-4-8-14)18(26)16(15)22-19(23-17)24-11-5-2-6-12-24/h1,3-4,7-8H,2,5-6,9-13H2,(H,21,22,23). The number of anilines is 3. The molecule has 4 rings (SSSR count). The third-order valence-electron chi connectivity index (χ3n) is 4.85. The number of nitrogens with one attached hydrogen (secondary N) is 1. The summed E-state index contributed by atoms with van der Waals surface area (Å²) in [6.45, 7) is 2.95. The van der Waals surface area contributed by atoms with E-state index in [0.29, 0.717) is 30.6 Å². The number of para-hydroxylation sites is 1. The summed E-state index contributed by atoms with van der Waals surface area (Å²) in [6, 6.07) is 9.69. The SMILES string of the molecule is O=C1c2nc(N3CCCCC3)nc(NCCCl)c2CN1c1ccccc1. The number of rotatable bonds is 5. The molecule has 2 aromatic rings. The van der Waals surface area contributed by atoms with Gasteiger partial charge in [0.05, 0.1) is 6.54 Å². The lowest BCUT2D eigenvalue weighted by atomic mass is 10.1. The van der Waals surface area contributed by atoms with Gasteiger partial charge >= 0.3 is 0 Å². The predicted molar refractivity (Wildman–Crippen MR) is 104 cm³/mol. The number of carbonyl (C=O) groups is 1. The van der Waals surface area contributed by atoms with E-state index >= 15 is 0 Å². The summed E-state index contributed by atoms with van der Waals surface area (Å²) < 4.78 is 0. The van der Waals surface area contributed by atoms with Crippen molar-refractivity contribution in [3.8, 4) is 0 Å². The van der Waals surface area contributed by atoms with Gasteiger partial charge in [-0.25, -0.2) is 4.98 Å². The third kappa shape index (κ3) is 3.21. The molecule has 1 amide bonds. The van der Waals surface area contributed by atoms with E-state index < -0.39 is 0 Å². The Kier molecular flexibility index (Phi) is 4.93. The summed E-state index contributed by atoms with van der Waals surface area (Å²) in [5.74, 6) is 1.78. The quantitative estimate of drug-likeness (QED) is 0.817. The van der Waals surface area contributed by atoms with Crippen LogP contribution in [-0.2, 0) is 6.54 Å². The van der Waals surface area contributed by atoms with Crippen molar-refractivity contribution in [3.05, 3.63) is 41.6 Å². The third-order valence-corrected chi connectivity index (χ3v) is 5.04. The van der Waals surface area contributed by atoms with E-state index in [0.717, 1.165) is 43.0 Å². The predicted octanol–water partition coefficient (Wildman–Crippen LogP) is 3.28. The average Bonchev–Trinajstić information content (AvgIpc) is 3.04. The monoisotopic (exact) mass is 371 g/mol. The van der Waals surface area contributed by atoms with Crippen LogP contribution in [0.15, 0.2) is 30.3 Å². The highest BCUT2D eigenvalue weighted by atomic mass is 35.5. The molecule has 3 heterocycles. The van der Waals surface area contributed by atoms with Crippen LogP contribution in [-0.4, -0.2) is 41.4 Å². The van der Waals surface area contributed by atoms with Crippen LogP contribution in [0.5, 0.6) is 0 Å². The molecular weight excluding hydrogens is 350 g/mol. The van der Waals surface area contributed by atoms with Crippen molar-refractivity contribution in [2.75, 3.05) is 40.6 Å². The molecule has 1 aromatic carbocycles. The van der Waals surface area contributed by atoms with E-state index in [1.54, 1.807) is 4.90 Å². The molecule has 136 valence electrons. The van der Waals surface area contributed by atoms with Gasteiger partial charge in [-0.05, 0) is 31.4 Å². The minimum Gasteiger partial charge on any atom is -0.368 e. The van der Waals surface area contributed by atoms with Crippen LogP contribution in [0.1, 0.15) is 35.3 Å². The lowest BCUT2D eigenvalue weighted by Gasteiger charge is -2.27. The molecule has 1 N–H and O–H groups in total. The van der Waals surface area contributed by atoms with Crippen LogP contribution in [0.4, 0.5) is 17.5 Å². The highest BCUT2D eigenvalue weighted by Crippen LogP contribution is 2.32. The van der Waals surface area contributed by atoms with Gasteiger partial charge in [0.25, 0.3) is 5.91 Å². The fourth-order valence-electron chi connectivity index (χ4n) is 3.52. The lowest BCUT2D eigenvalue weighted by Crippen LogP contribution is -2.32. The van der Waals surface area contributed by atoms with Crippen LogP contribution in [0, 0.1) is 0 Å². The number of benzene rings is 1. The number of piperidine rings is 1. The maximum atomic E-state index is 13.0. The Hall–Kier alpha value is -2.34. The molecule has 0 unspecified atom stereocenters. The molecule has 2 aliphatic rings. The van der Waals surface area contributed by atoms with E-state index in [2.05, 4.69) is 15.2 Å². The Morgan fingerprint density at radius 3 is 2.58 bits per heavy atom. The minimum atomic E-state index is -0.0687. The van der Waals surface area contributed by atoms with Gasteiger partial charge in [-0.1, -0.05) is 18.2 Å². The smallest absolute Gasteiger partial charge is 0.277 e. The second-order valence-electron chi connectivity index (χ2n) is 6.59. The van der Waals surface area contributed by atoms with Crippen LogP contribution in [0.25, 0.3) is 0 Å². The molecule has 0 radical (unpaired) electrons. The number of hydrogen-bond donors (Lipinski definition) is 1. The molecule has 1 aromatic heterocycles. The average molecular weight is 372 g/mol. The molecule has 26 heavy (non-hydrogen) atoms. The molecule has 0 saturated carbocycles. The van der Waals surface area contributed by atoms with Crippen molar-refractivity contribution < 1.29 is 4.79 Å². The number of hydrogen-bond acceptors (Lipinski definition) is 5. The van der Waals surface area contributed by atoms with Gasteiger partial charge in [-0.15, -0.1) is 11.6 Å². The molecule has 0 atom stereocenters. The van der Waals surface area contributed by atoms with Gasteiger partial charge in [0.15, 0.2) is 0 Å². The molecular formula is C19H22ClN5O. The van der Waals surface area contributed by atoms with Gasteiger partial charge < -0.3 is 15.1 Å². The van der Waals surface area contributed by atoms with Crippen molar-refractivity contribution in [2.24, 2.45) is 0 Å². The van der Waals surface area contributed by atoms with Crippen LogP contribution in [0.3, 0.4) is 0 Å². The molecule has 1 fully saturated rings. The molecule has 0 aliphatic carbocycles. The summed E-state index contributed by atoms with van der Waals surface area (Å²) in [5.41, 5.74) is 2.23. The largest absolute Gasteiger partial charge is 0.368 e. The zero-order valence-corrected chi connectivity index (χ0v) is 15.4. The van der Waals surface area contributed by atoms with Crippen molar-refractivity contribution in [3.63, 3.8) is 0 Å².